The molecule has 1 aliphatic heterocycles. The molecule has 120 valence electrons. The molecule has 0 spiro atoms. The molecular formula is C16H22N2O4. The van der Waals surface area contributed by atoms with Gasteiger partial charge in [0, 0.05) is 35.9 Å². The van der Waals surface area contributed by atoms with Gasteiger partial charge in [-0.25, -0.2) is 0 Å². The second kappa shape index (κ2) is 6.44. The van der Waals surface area contributed by atoms with E-state index in [1.54, 1.807) is 24.0 Å². The summed E-state index contributed by atoms with van der Waals surface area (Å²) < 4.78 is 0. The predicted molar refractivity (Wildman–Crippen MR) is 82.8 cm³/mol. The zero-order valence-electron chi connectivity index (χ0n) is 13.0. The standard InChI is InChI=1S/C16H22N2O4/c1-12-5-6-13(11-14(12)18(21)22)15(20)17-9-3-7-16(17,2)8-4-10-19/h5-6,11,19H,3-4,7-10H2,1-2H3/t16-/m1/s1. The molecule has 22 heavy (non-hydrogen) atoms. The average molecular weight is 306 g/mol. The van der Waals surface area contributed by atoms with E-state index in [2.05, 4.69) is 0 Å². The Labute approximate surface area is 129 Å². The number of aliphatic hydroxyl groups excluding tert-OH is 1. The van der Waals surface area contributed by atoms with Crippen LogP contribution in [0.5, 0.6) is 0 Å². The number of aliphatic hydroxyl groups is 1. The lowest BCUT2D eigenvalue weighted by Crippen LogP contribution is -2.45. The number of hydrogen-bond acceptors (Lipinski definition) is 4. The lowest BCUT2D eigenvalue weighted by molar-refractivity contribution is -0.385. The van der Waals surface area contributed by atoms with Gasteiger partial charge in [0.15, 0.2) is 0 Å². The lowest BCUT2D eigenvalue weighted by Gasteiger charge is -2.35. The number of hydrogen-bond donors (Lipinski definition) is 1. The SMILES string of the molecule is Cc1ccc(C(=O)N2CCC[C@]2(C)CCCO)cc1[N+](=O)[O-]. The average Bonchev–Trinajstić information content (AvgIpc) is 2.87. The van der Waals surface area contributed by atoms with E-state index in [-0.39, 0.29) is 23.7 Å². The van der Waals surface area contributed by atoms with Crippen molar-refractivity contribution in [3.05, 3.63) is 39.4 Å². The van der Waals surface area contributed by atoms with Crippen molar-refractivity contribution in [3.8, 4) is 0 Å². The van der Waals surface area contributed by atoms with Crippen molar-refractivity contribution in [2.75, 3.05) is 13.2 Å². The van der Waals surface area contributed by atoms with Gasteiger partial charge in [-0.05, 0) is 45.6 Å². The number of nitro benzene ring substituents is 1. The molecule has 6 heteroatoms. The van der Waals surface area contributed by atoms with Crippen LogP contribution in [0.4, 0.5) is 5.69 Å². The third-order valence-electron chi connectivity index (χ3n) is 4.52. The Hall–Kier alpha value is -1.95. The second-order valence-corrected chi connectivity index (χ2v) is 6.14. The molecule has 1 N–H and O–H groups in total. The third kappa shape index (κ3) is 3.11. The van der Waals surface area contributed by atoms with Crippen molar-refractivity contribution >= 4 is 11.6 Å². The zero-order chi connectivity index (χ0) is 16.3. The van der Waals surface area contributed by atoms with E-state index in [1.165, 1.54) is 6.07 Å². The van der Waals surface area contributed by atoms with Gasteiger partial charge in [-0.3, -0.25) is 14.9 Å². The maximum Gasteiger partial charge on any atom is 0.273 e. The first-order valence-corrected chi connectivity index (χ1v) is 7.57. The third-order valence-corrected chi connectivity index (χ3v) is 4.52. The Bertz CT molecular complexity index is 588. The highest BCUT2D eigenvalue weighted by atomic mass is 16.6. The maximum atomic E-state index is 12.8. The fourth-order valence-electron chi connectivity index (χ4n) is 3.18. The Balaban J connectivity index is 2.27. The number of rotatable bonds is 5. The van der Waals surface area contributed by atoms with Crippen LogP contribution in [-0.2, 0) is 0 Å². The summed E-state index contributed by atoms with van der Waals surface area (Å²) in [6.45, 7) is 4.44. The molecule has 0 aliphatic carbocycles. The topological polar surface area (TPSA) is 83.7 Å². The summed E-state index contributed by atoms with van der Waals surface area (Å²) >= 11 is 0. The normalized spacial score (nSPS) is 21.1. The summed E-state index contributed by atoms with van der Waals surface area (Å²) in [5, 5.41) is 20.1. The summed E-state index contributed by atoms with van der Waals surface area (Å²) in [6.07, 6.45) is 3.20. The number of carbonyl (C=O) groups excluding carboxylic acids is 1. The summed E-state index contributed by atoms with van der Waals surface area (Å²) in [5.74, 6) is -0.166. The smallest absolute Gasteiger partial charge is 0.273 e. The molecule has 0 saturated carbocycles. The fraction of sp³-hybridized carbons (Fsp3) is 0.562. The molecule has 1 aliphatic rings. The first kappa shape index (κ1) is 16.4. The maximum absolute atomic E-state index is 12.8. The Morgan fingerprint density at radius 1 is 1.50 bits per heavy atom. The molecular weight excluding hydrogens is 284 g/mol. The Kier molecular flexibility index (Phi) is 4.81. The van der Waals surface area contributed by atoms with Crippen molar-refractivity contribution in [2.45, 2.75) is 45.1 Å². The van der Waals surface area contributed by atoms with Crippen LogP contribution in [0.15, 0.2) is 18.2 Å². The van der Waals surface area contributed by atoms with Crippen LogP contribution in [0.3, 0.4) is 0 Å². The highest BCUT2D eigenvalue weighted by Gasteiger charge is 2.39. The molecule has 1 atom stereocenters. The molecule has 1 heterocycles. The fourth-order valence-corrected chi connectivity index (χ4v) is 3.18. The van der Waals surface area contributed by atoms with Crippen LogP contribution in [0.1, 0.15) is 48.5 Å². The Morgan fingerprint density at radius 3 is 2.86 bits per heavy atom. The summed E-state index contributed by atoms with van der Waals surface area (Å²) in [4.78, 5) is 25.1. The van der Waals surface area contributed by atoms with E-state index >= 15 is 0 Å². The first-order valence-electron chi connectivity index (χ1n) is 7.57. The largest absolute Gasteiger partial charge is 0.396 e. The monoisotopic (exact) mass is 306 g/mol. The minimum atomic E-state index is -0.457. The van der Waals surface area contributed by atoms with Gasteiger partial charge in [-0.15, -0.1) is 0 Å². The number of nitro groups is 1. The molecule has 1 saturated heterocycles. The predicted octanol–water partition coefficient (Wildman–Crippen LogP) is 2.67. The van der Waals surface area contributed by atoms with Crippen LogP contribution in [0, 0.1) is 17.0 Å². The molecule has 0 radical (unpaired) electrons. The van der Waals surface area contributed by atoms with Gasteiger partial charge in [0.2, 0.25) is 0 Å². The van der Waals surface area contributed by atoms with Gasteiger partial charge in [0.1, 0.15) is 0 Å². The number of nitrogens with zero attached hydrogens (tertiary/aromatic N) is 2. The summed E-state index contributed by atoms with van der Waals surface area (Å²) in [7, 11) is 0. The quantitative estimate of drug-likeness (QED) is 0.669. The van der Waals surface area contributed by atoms with Crippen molar-refractivity contribution in [2.24, 2.45) is 0 Å². The number of carbonyl (C=O) groups is 1. The summed E-state index contributed by atoms with van der Waals surface area (Å²) in [6, 6.07) is 4.63. The van der Waals surface area contributed by atoms with Gasteiger partial charge < -0.3 is 10.0 Å². The van der Waals surface area contributed by atoms with E-state index < -0.39 is 4.92 Å². The first-order chi connectivity index (χ1) is 10.4. The number of benzene rings is 1. The van der Waals surface area contributed by atoms with Gasteiger partial charge in [0.05, 0.1) is 4.92 Å². The van der Waals surface area contributed by atoms with Crippen molar-refractivity contribution in [1.82, 2.24) is 4.90 Å². The van der Waals surface area contributed by atoms with Gasteiger partial charge in [-0.2, -0.15) is 0 Å². The molecule has 1 amide bonds. The van der Waals surface area contributed by atoms with Crippen LogP contribution in [-0.4, -0.2) is 39.5 Å². The molecule has 6 nitrogen and oxygen atoms in total. The molecule has 1 fully saturated rings. The van der Waals surface area contributed by atoms with Crippen LogP contribution in [0.25, 0.3) is 0 Å². The highest BCUT2D eigenvalue weighted by molar-refractivity contribution is 5.95. The van der Waals surface area contributed by atoms with Crippen LogP contribution >= 0.6 is 0 Å². The van der Waals surface area contributed by atoms with Gasteiger partial charge in [0.25, 0.3) is 11.6 Å². The Morgan fingerprint density at radius 2 is 2.23 bits per heavy atom. The number of aryl methyl sites for hydroxylation is 1. The molecule has 0 bridgehead atoms. The van der Waals surface area contributed by atoms with Gasteiger partial charge >= 0.3 is 0 Å². The minimum Gasteiger partial charge on any atom is -0.396 e. The van der Waals surface area contributed by atoms with Crippen LogP contribution in [0.2, 0.25) is 0 Å². The molecule has 2 rings (SSSR count). The number of amides is 1. The van der Waals surface area contributed by atoms with E-state index in [0.29, 0.717) is 24.1 Å². The van der Waals surface area contributed by atoms with E-state index in [1.807, 2.05) is 6.92 Å². The lowest BCUT2D eigenvalue weighted by atomic mass is 9.92. The molecule has 1 aromatic rings. The van der Waals surface area contributed by atoms with Gasteiger partial charge in [-0.1, -0.05) is 6.07 Å². The van der Waals surface area contributed by atoms with E-state index in [0.717, 1.165) is 19.3 Å². The summed E-state index contributed by atoms with van der Waals surface area (Å²) in [5.41, 5.74) is 0.599. The molecule has 1 aromatic carbocycles. The van der Waals surface area contributed by atoms with Crippen molar-refractivity contribution in [1.29, 1.82) is 0 Å². The molecule has 0 aromatic heterocycles. The van der Waals surface area contributed by atoms with Crippen molar-refractivity contribution < 1.29 is 14.8 Å². The van der Waals surface area contributed by atoms with Crippen LogP contribution < -0.4 is 0 Å². The van der Waals surface area contributed by atoms with E-state index in [9.17, 15) is 14.9 Å². The zero-order valence-corrected chi connectivity index (χ0v) is 13.0. The minimum absolute atomic E-state index is 0.0258. The second-order valence-electron chi connectivity index (χ2n) is 6.14. The molecule has 0 unspecified atom stereocenters. The highest BCUT2D eigenvalue weighted by Crippen LogP contribution is 2.34. The number of likely N-dealkylation sites (tertiary alicyclic amines) is 1. The van der Waals surface area contributed by atoms with Crippen molar-refractivity contribution in [3.63, 3.8) is 0 Å². The van der Waals surface area contributed by atoms with E-state index in [4.69, 9.17) is 5.11 Å².